The van der Waals surface area contributed by atoms with Gasteiger partial charge in [0.15, 0.2) is 0 Å². The summed E-state index contributed by atoms with van der Waals surface area (Å²) in [4.78, 5) is 0. The maximum Gasteiger partial charge on any atom is -0.0163 e. The second kappa shape index (κ2) is 12.8. The van der Waals surface area contributed by atoms with Gasteiger partial charge in [0.05, 0.1) is 0 Å². The van der Waals surface area contributed by atoms with E-state index in [4.69, 9.17) is 0 Å². The maximum atomic E-state index is 3.69. The molecule has 0 heterocycles. The largest absolute Gasteiger partial charge is 0.0985 e. The lowest BCUT2D eigenvalue weighted by Crippen LogP contribution is -1.78. The molecule has 3 rings (SSSR count). The molecule has 1 aliphatic carbocycles. The lowest BCUT2D eigenvalue weighted by atomic mass is 10.1. The first kappa shape index (κ1) is 20.4. The average molecular weight is 331 g/mol. The summed E-state index contributed by atoms with van der Waals surface area (Å²) in [5, 5.41) is 0. The highest BCUT2D eigenvalue weighted by Crippen LogP contribution is 2.05. The molecule has 0 fully saturated rings. The molecule has 2 aromatic rings. The van der Waals surface area contributed by atoms with Crippen molar-refractivity contribution in [3.8, 4) is 0 Å². The van der Waals surface area contributed by atoms with Crippen LogP contribution in [0.3, 0.4) is 0 Å². The zero-order valence-corrected chi connectivity index (χ0v) is 15.6. The first-order chi connectivity index (χ1) is 12.2. The molecule has 130 valence electrons. The molecule has 0 saturated carbocycles. The average Bonchev–Trinajstić information content (AvgIpc) is 3.29. The van der Waals surface area contributed by atoms with Gasteiger partial charge in [-0.05, 0) is 41.5 Å². The van der Waals surface area contributed by atoms with Crippen LogP contribution in [0.2, 0.25) is 0 Å². The molecule has 0 heteroatoms. The second-order valence-corrected chi connectivity index (χ2v) is 5.69. The van der Waals surface area contributed by atoms with E-state index in [-0.39, 0.29) is 0 Å². The van der Waals surface area contributed by atoms with Gasteiger partial charge < -0.3 is 0 Å². The van der Waals surface area contributed by atoms with Gasteiger partial charge >= 0.3 is 0 Å². The molecule has 0 N–H and O–H groups in total. The van der Waals surface area contributed by atoms with E-state index < -0.39 is 0 Å². The van der Waals surface area contributed by atoms with Gasteiger partial charge in [-0.2, -0.15) is 0 Å². The molecule has 25 heavy (non-hydrogen) atoms. The first-order valence-electron chi connectivity index (χ1n) is 8.97. The minimum Gasteiger partial charge on any atom is -0.0985 e. The highest BCUT2D eigenvalue weighted by molar-refractivity contribution is 5.47. The van der Waals surface area contributed by atoms with Crippen molar-refractivity contribution >= 4 is 12.2 Å². The van der Waals surface area contributed by atoms with E-state index in [1.807, 2.05) is 12.2 Å². The zero-order valence-electron chi connectivity index (χ0n) is 15.6. The van der Waals surface area contributed by atoms with Crippen molar-refractivity contribution in [3.63, 3.8) is 0 Å². The van der Waals surface area contributed by atoms with E-state index in [2.05, 4.69) is 99.8 Å². The van der Waals surface area contributed by atoms with Crippen LogP contribution in [-0.2, 0) is 12.8 Å². The Kier molecular flexibility index (Phi) is 10.4. The summed E-state index contributed by atoms with van der Waals surface area (Å²) in [6, 6.07) is 16.9. The molecule has 0 unspecified atom stereocenters. The molecule has 0 atom stereocenters. The molecule has 0 saturated heterocycles. The van der Waals surface area contributed by atoms with Crippen molar-refractivity contribution in [1.29, 1.82) is 0 Å². The third-order valence-electron chi connectivity index (χ3n) is 3.90. The molecule has 0 amide bonds. The van der Waals surface area contributed by atoms with Crippen LogP contribution in [0.1, 0.15) is 42.5 Å². The van der Waals surface area contributed by atoms with Crippen LogP contribution >= 0.6 is 0 Å². The fourth-order valence-electron chi connectivity index (χ4n) is 2.17. The normalized spacial score (nSPS) is 11.0. The van der Waals surface area contributed by atoms with Crippen LogP contribution in [0.15, 0.2) is 86.0 Å². The van der Waals surface area contributed by atoms with Crippen molar-refractivity contribution in [2.45, 2.75) is 33.1 Å². The predicted molar refractivity (Wildman–Crippen MR) is 115 cm³/mol. The first-order valence-corrected chi connectivity index (χ1v) is 8.97. The summed E-state index contributed by atoms with van der Waals surface area (Å²) < 4.78 is 0. The summed E-state index contributed by atoms with van der Waals surface area (Å²) in [6.45, 7) is 11.7. The fourth-order valence-corrected chi connectivity index (χ4v) is 2.17. The Hall–Kier alpha value is -2.60. The molecule has 1 aliphatic rings. The summed E-state index contributed by atoms with van der Waals surface area (Å²) in [6.07, 6.45) is 15.4. The maximum absolute atomic E-state index is 3.69. The highest BCUT2D eigenvalue weighted by atomic mass is 13.9. The van der Waals surface area contributed by atoms with Gasteiger partial charge in [-0.25, -0.2) is 0 Å². The van der Waals surface area contributed by atoms with Gasteiger partial charge in [0.1, 0.15) is 0 Å². The monoisotopic (exact) mass is 330 g/mol. The van der Waals surface area contributed by atoms with Gasteiger partial charge in [0.2, 0.25) is 0 Å². The smallest absolute Gasteiger partial charge is 0.0163 e. The van der Waals surface area contributed by atoms with E-state index in [9.17, 15) is 0 Å². The molecular weight excluding hydrogens is 300 g/mol. The Morgan fingerprint density at radius 1 is 0.680 bits per heavy atom. The van der Waals surface area contributed by atoms with E-state index in [1.165, 1.54) is 22.3 Å². The summed E-state index contributed by atoms with van der Waals surface area (Å²) >= 11 is 0. The summed E-state index contributed by atoms with van der Waals surface area (Å²) in [5.41, 5.74) is 5.14. The lowest BCUT2D eigenvalue weighted by Gasteiger charge is -1.95. The van der Waals surface area contributed by atoms with Gasteiger partial charge in [0.25, 0.3) is 0 Å². The van der Waals surface area contributed by atoms with E-state index in [0.29, 0.717) is 0 Å². The molecule has 0 aromatic heterocycles. The number of hydrogen-bond acceptors (Lipinski definition) is 0. The van der Waals surface area contributed by atoms with Crippen LogP contribution in [0.4, 0.5) is 0 Å². The molecule has 0 nitrogen and oxygen atoms in total. The van der Waals surface area contributed by atoms with Crippen molar-refractivity contribution in [2.75, 3.05) is 0 Å². The van der Waals surface area contributed by atoms with Crippen LogP contribution in [-0.4, -0.2) is 0 Å². The molecule has 2 aromatic carbocycles. The number of benzene rings is 2. The van der Waals surface area contributed by atoms with E-state index in [0.717, 1.165) is 19.3 Å². The molecule has 0 bridgehead atoms. The van der Waals surface area contributed by atoms with Gasteiger partial charge in [-0.15, -0.1) is 0 Å². The highest BCUT2D eigenvalue weighted by Gasteiger charge is 1.87. The van der Waals surface area contributed by atoms with Crippen LogP contribution in [0, 0.1) is 0 Å². The molecular formula is C25H30. The SMILES string of the molecule is C1=CCC=C1.C=Cc1ccc(CC)cc1.C=Cc1ccc(CC)cc1. The number of hydrogen-bond donors (Lipinski definition) is 0. The van der Waals surface area contributed by atoms with Gasteiger partial charge in [-0.3, -0.25) is 0 Å². The van der Waals surface area contributed by atoms with Crippen LogP contribution in [0.25, 0.3) is 12.2 Å². The second-order valence-electron chi connectivity index (χ2n) is 5.69. The number of allylic oxidation sites excluding steroid dienone is 4. The Balaban J connectivity index is 0.000000198. The Morgan fingerprint density at radius 3 is 1.24 bits per heavy atom. The third-order valence-corrected chi connectivity index (χ3v) is 3.90. The molecule has 0 aliphatic heterocycles. The van der Waals surface area contributed by atoms with Crippen molar-refractivity contribution in [1.82, 2.24) is 0 Å². The van der Waals surface area contributed by atoms with E-state index >= 15 is 0 Å². The summed E-state index contributed by atoms with van der Waals surface area (Å²) in [5.74, 6) is 0. The standard InChI is InChI=1S/2C10H12.C5H6/c2*1-3-9-5-7-10(4-2)8-6-9;1-2-4-5-3-1/h2*3,5-8H,1,4H2,2H3;1-4H,5H2. The topological polar surface area (TPSA) is 0 Å². The fraction of sp³-hybridized carbons (Fsp3) is 0.200. The molecule has 0 spiro atoms. The van der Waals surface area contributed by atoms with Gasteiger partial charge in [0, 0.05) is 0 Å². The quantitative estimate of drug-likeness (QED) is 0.552. The van der Waals surface area contributed by atoms with Crippen molar-refractivity contribution < 1.29 is 0 Å². The zero-order chi connectivity index (χ0) is 18.3. The van der Waals surface area contributed by atoms with Crippen molar-refractivity contribution in [3.05, 3.63) is 108 Å². The third kappa shape index (κ3) is 8.72. The number of aryl methyl sites for hydroxylation is 2. The van der Waals surface area contributed by atoms with Crippen molar-refractivity contribution in [2.24, 2.45) is 0 Å². The minimum atomic E-state index is 1.11. The van der Waals surface area contributed by atoms with Crippen LogP contribution in [0.5, 0.6) is 0 Å². The Bertz CT molecular complexity index is 605. The Labute approximate surface area is 153 Å². The van der Waals surface area contributed by atoms with Gasteiger partial charge in [-0.1, -0.05) is 112 Å². The number of rotatable bonds is 4. The van der Waals surface area contributed by atoms with E-state index in [1.54, 1.807) is 0 Å². The summed E-state index contributed by atoms with van der Waals surface area (Å²) in [7, 11) is 0. The predicted octanol–water partition coefficient (Wildman–Crippen LogP) is 7.29. The molecule has 0 radical (unpaired) electrons. The van der Waals surface area contributed by atoms with Crippen LogP contribution < -0.4 is 0 Å². The Morgan fingerprint density at radius 2 is 1.04 bits per heavy atom. The lowest BCUT2D eigenvalue weighted by molar-refractivity contribution is 1.14. The minimum absolute atomic E-state index is 1.11.